The van der Waals surface area contributed by atoms with E-state index in [9.17, 15) is 9.59 Å². The van der Waals surface area contributed by atoms with Crippen LogP contribution in [0, 0.1) is 0 Å². The van der Waals surface area contributed by atoms with Crippen molar-refractivity contribution in [2.45, 2.75) is 0 Å². The summed E-state index contributed by atoms with van der Waals surface area (Å²) in [6.07, 6.45) is -0.767. The van der Waals surface area contributed by atoms with E-state index in [1.165, 1.54) is 7.11 Å². The average Bonchev–Trinajstić information content (AvgIpc) is 2.52. The van der Waals surface area contributed by atoms with E-state index in [0.717, 1.165) is 9.04 Å². The summed E-state index contributed by atoms with van der Waals surface area (Å²) in [6.45, 7) is 0. The molecule has 1 heterocycles. The fraction of sp³-hybridized carbons (Fsp3) is 0.111. The van der Waals surface area contributed by atoms with Crippen LogP contribution in [-0.2, 0) is 4.74 Å². The Hall–Kier alpha value is -1.56. The second kappa shape index (κ2) is 3.54. The monoisotopic (exact) mass is 271 g/mol. The second-order valence-corrected chi connectivity index (χ2v) is 3.70. The Morgan fingerprint density at radius 1 is 1.53 bits per heavy atom. The van der Waals surface area contributed by atoms with Gasteiger partial charge in [0.05, 0.1) is 7.11 Å². The number of halogens is 1. The molecule has 0 spiro atoms. The fourth-order valence-corrected chi connectivity index (χ4v) is 1.60. The highest BCUT2D eigenvalue weighted by Gasteiger charge is 2.16. The summed E-state index contributed by atoms with van der Waals surface area (Å²) in [6, 6.07) is 4.92. The lowest BCUT2D eigenvalue weighted by Crippen LogP contribution is -2.22. The van der Waals surface area contributed by atoms with Crippen molar-refractivity contribution in [1.82, 2.24) is 4.57 Å². The maximum absolute atomic E-state index is 11.3. The third-order valence-corrected chi connectivity index (χ3v) is 2.39. The van der Waals surface area contributed by atoms with E-state index >= 15 is 0 Å². The van der Waals surface area contributed by atoms with E-state index in [0.29, 0.717) is 11.1 Å². The first-order chi connectivity index (χ1) is 7.13. The second-order valence-electron chi connectivity index (χ2n) is 2.79. The number of fused-ring (bicyclic) bond motifs is 1. The molecule has 1 aromatic heterocycles. The summed E-state index contributed by atoms with van der Waals surface area (Å²) < 4.78 is 10.9. The van der Waals surface area contributed by atoms with Gasteiger partial charge in [-0.1, -0.05) is 15.9 Å². The van der Waals surface area contributed by atoms with Crippen LogP contribution in [0.2, 0.25) is 0 Å². The smallest absolute Gasteiger partial charge is 0.429 e. The Balaban J connectivity index is 2.82. The highest BCUT2D eigenvalue weighted by molar-refractivity contribution is 9.10. The van der Waals surface area contributed by atoms with Gasteiger partial charge in [0.1, 0.15) is 5.52 Å². The molecule has 0 unspecified atom stereocenters. The SMILES string of the molecule is COC(=O)n1c(=O)oc2ccc(Br)cc21. The molecule has 2 aromatic rings. The molecular formula is C9H6BrNO4. The van der Waals surface area contributed by atoms with Crippen LogP contribution in [-0.4, -0.2) is 17.8 Å². The molecule has 0 bridgehead atoms. The minimum atomic E-state index is -0.767. The molecule has 0 fully saturated rings. The lowest BCUT2D eigenvalue weighted by atomic mass is 10.3. The van der Waals surface area contributed by atoms with Crippen molar-refractivity contribution >= 4 is 33.1 Å². The zero-order valence-corrected chi connectivity index (χ0v) is 9.28. The Bertz CT molecular complexity index is 583. The van der Waals surface area contributed by atoms with Crippen LogP contribution in [0.1, 0.15) is 0 Å². The molecule has 0 aliphatic carbocycles. The number of oxazole rings is 1. The van der Waals surface area contributed by atoms with Gasteiger partial charge in [-0.25, -0.2) is 9.59 Å². The van der Waals surface area contributed by atoms with Gasteiger partial charge >= 0.3 is 11.8 Å². The Morgan fingerprint density at radius 2 is 2.27 bits per heavy atom. The molecule has 0 saturated carbocycles. The van der Waals surface area contributed by atoms with Crippen LogP contribution in [0.15, 0.2) is 31.9 Å². The lowest BCUT2D eigenvalue weighted by molar-refractivity contribution is 0.171. The van der Waals surface area contributed by atoms with Gasteiger partial charge in [0.15, 0.2) is 5.58 Å². The average molecular weight is 272 g/mol. The van der Waals surface area contributed by atoms with E-state index in [1.807, 2.05) is 0 Å². The molecule has 5 nitrogen and oxygen atoms in total. The predicted molar refractivity (Wildman–Crippen MR) is 56.0 cm³/mol. The van der Waals surface area contributed by atoms with E-state index in [2.05, 4.69) is 20.7 Å². The van der Waals surface area contributed by atoms with Gasteiger partial charge in [-0.2, -0.15) is 4.57 Å². The van der Waals surface area contributed by atoms with Gasteiger partial charge in [0.2, 0.25) is 0 Å². The molecule has 0 saturated heterocycles. The van der Waals surface area contributed by atoms with Crippen LogP contribution in [0.5, 0.6) is 0 Å². The summed E-state index contributed by atoms with van der Waals surface area (Å²) in [4.78, 5) is 22.6. The Labute approximate surface area is 92.4 Å². The first kappa shape index (κ1) is 9.97. The molecule has 0 N–H and O–H groups in total. The lowest BCUT2D eigenvalue weighted by Gasteiger charge is -1.97. The third-order valence-electron chi connectivity index (χ3n) is 1.90. The number of benzene rings is 1. The summed E-state index contributed by atoms with van der Waals surface area (Å²) >= 11 is 3.24. The normalized spacial score (nSPS) is 10.5. The number of aromatic nitrogens is 1. The number of carbonyl (C=O) groups is 1. The maximum Gasteiger partial charge on any atom is 0.429 e. The number of ether oxygens (including phenoxy) is 1. The number of methoxy groups -OCH3 is 1. The summed E-state index contributed by atoms with van der Waals surface area (Å²) in [5, 5.41) is 0. The Morgan fingerprint density at radius 3 is 2.93 bits per heavy atom. The zero-order valence-electron chi connectivity index (χ0n) is 7.69. The molecule has 1 aromatic carbocycles. The minimum Gasteiger partial charge on any atom is -0.452 e. The maximum atomic E-state index is 11.3. The fourth-order valence-electron chi connectivity index (χ4n) is 1.25. The van der Waals surface area contributed by atoms with Gasteiger partial charge in [-0.3, -0.25) is 0 Å². The molecular weight excluding hydrogens is 266 g/mol. The first-order valence-corrected chi connectivity index (χ1v) is 4.82. The van der Waals surface area contributed by atoms with E-state index in [1.54, 1.807) is 18.2 Å². The number of hydrogen-bond donors (Lipinski definition) is 0. The van der Waals surface area contributed by atoms with Crippen molar-refractivity contribution in [3.8, 4) is 0 Å². The summed E-state index contributed by atoms with van der Waals surface area (Å²) in [7, 11) is 1.20. The van der Waals surface area contributed by atoms with Gasteiger partial charge < -0.3 is 9.15 Å². The molecule has 15 heavy (non-hydrogen) atoms. The van der Waals surface area contributed by atoms with Gasteiger partial charge in [0.25, 0.3) is 0 Å². The van der Waals surface area contributed by atoms with Gasteiger partial charge in [-0.05, 0) is 18.2 Å². The van der Waals surface area contributed by atoms with Crippen LogP contribution in [0.4, 0.5) is 4.79 Å². The minimum absolute atomic E-state index is 0.341. The topological polar surface area (TPSA) is 61.4 Å². The van der Waals surface area contributed by atoms with Crippen molar-refractivity contribution < 1.29 is 13.9 Å². The molecule has 2 rings (SSSR count). The van der Waals surface area contributed by atoms with Crippen molar-refractivity contribution in [3.63, 3.8) is 0 Å². The summed E-state index contributed by atoms with van der Waals surface area (Å²) in [5.41, 5.74) is 0.717. The van der Waals surface area contributed by atoms with Crippen LogP contribution in [0.25, 0.3) is 11.1 Å². The third kappa shape index (κ3) is 1.56. The van der Waals surface area contributed by atoms with Crippen molar-refractivity contribution in [1.29, 1.82) is 0 Å². The van der Waals surface area contributed by atoms with Crippen molar-refractivity contribution in [2.24, 2.45) is 0 Å². The van der Waals surface area contributed by atoms with Crippen molar-refractivity contribution in [2.75, 3.05) is 7.11 Å². The quantitative estimate of drug-likeness (QED) is 0.735. The molecule has 0 amide bonds. The van der Waals surface area contributed by atoms with Crippen LogP contribution in [0.3, 0.4) is 0 Å². The molecule has 6 heteroatoms. The number of nitrogens with zero attached hydrogens (tertiary/aromatic N) is 1. The van der Waals surface area contributed by atoms with Crippen molar-refractivity contribution in [3.05, 3.63) is 33.2 Å². The summed E-state index contributed by atoms with van der Waals surface area (Å²) in [5.74, 6) is -0.755. The largest absolute Gasteiger partial charge is 0.452 e. The first-order valence-electron chi connectivity index (χ1n) is 4.03. The number of hydrogen-bond acceptors (Lipinski definition) is 4. The molecule has 0 aliphatic rings. The predicted octanol–water partition coefficient (Wildman–Crippen LogP) is 1.97. The van der Waals surface area contributed by atoms with E-state index in [4.69, 9.17) is 4.42 Å². The van der Waals surface area contributed by atoms with Gasteiger partial charge in [0, 0.05) is 4.47 Å². The van der Waals surface area contributed by atoms with Crippen LogP contribution < -0.4 is 5.76 Å². The van der Waals surface area contributed by atoms with Gasteiger partial charge in [-0.15, -0.1) is 0 Å². The molecule has 0 radical (unpaired) electrons. The molecule has 0 aliphatic heterocycles. The standard InChI is InChI=1S/C9H6BrNO4/c1-14-8(12)11-6-4-5(10)2-3-7(6)15-9(11)13/h2-4H,1H3. The van der Waals surface area contributed by atoms with E-state index < -0.39 is 11.8 Å². The highest BCUT2D eigenvalue weighted by atomic mass is 79.9. The Kier molecular flexibility index (Phi) is 2.36. The number of rotatable bonds is 0. The molecule has 78 valence electrons. The van der Waals surface area contributed by atoms with E-state index in [-0.39, 0.29) is 0 Å². The molecule has 0 atom stereocenters. The highest BCUT2D eigenvalue weighted by Crippen LogP contribution is 2.18. The zero-order chi connectivity index (χ0) is 11.0. The number of carbonyl (C=O) groups excluding carboxylic acids is 1. The van der Waals surface area contributed by atoms with Crippen LogP contribution >= 0.6 is 15.9 Å².